The van der Waals surface area contributed by atoms with Crippen LogP contribution >= 0.6 is 0 Å². The highest BCUT2D eigenvalue weighted by atomic mass is 16.7. The second-order valence-electron chi connectivity index (χ2n) is 6.47. The number of benzene rings is 2. The Balaban J connectivity index is 1.37. The van der Waals surface area contributed by atoms with Gasteiger partial charge in [0.15, 0.2) is 0 Å². The molecule has 2 heterocycles. The third-order valence-corrected chi connectivity index (χ3v) is 4.68. The Morgan fingerprint density at radius 2 is 1.62 bits per heavy atom. The van der Waals surface area contributed by atoms with Crippen molar-refractivity contribution in [2.45, 2.75) is 37.8 Å². The molecule has 2 bridgehead atoms. The van der Waals surface area contributed by atoms with E-state index >= 15 is 0 Å². The second kappa shape index (κ2) is 7.45. The Morgan fingerprint density at radius 3 is 2.38 bits per heavy atom. The van der Waals surface area contributed by atoms with Gasteiger partial charge in [0.25, 0.3) is 0 Å². The molecule has 24 heavy (non-hydrogen) atoms. The summed E-state index contributed by atoms with van der Waals surface area (Å²) < 4.78 is 12.0. The fourth-order valence-corrected chi connectivity index (χ4v) is 3.35. The molecule has 0 unspecified atom stereocenters. The second-order valence-corrected chi connectivity index (χ2v) is 6.47. The Labute approximate surface area is 142 Å². The van der Waals surface area contributed by atoms with E-state index in [-0.39, 0.29) is 12.2 Å². The van der Waals surface area contributed by atoms with E-state index in [1.807, 2.05) is 24.3 Å². The molecule has 0 amide bonds. The van der Waals surface area contributed by atoms with Crippen molar-refractivity contribution in [3.63, 3.8) is 0 Å². The molecule has 0 N–H and O–H groups in total. The third-order valence-electron chi connectivity index (χ3n) is 4.68. The molecular weight excluding hydrogens is 302 g/mol. The van der Waals surface area contributed by atoms with Gasteiger partial charge in [-0.2, -0.15) is 5.06 Å². The Kier molecular flexibility index (Phi) is 4.90. The monoisotopic (exact) mass is 325 g/mol. The van der Waals surface area contributed by atoms with Crippen LogP contribution in [0.5, 0.6) is 0 Å². The van der Waals surface area contributed by atoms with Crippen LogP contribution in [-0.2, 0) is 27.5 Å². The third kappa shape index (κ3) is 3.68. The topological polar surface area (TPSA) is 30.9 Å². The first-order valence-electron chi connectivity index (χ1n) is 8.59. The summed E-state index contributed by atoms with van der Waals surface area (Å²) in [4.78, 5) is 6.20. The number of hydroxylamine groups is 2. The molecule has 2 saturated heterocycles. The van der Waals surface area contributed by atoms with Crippen LogP contribution in [0, 0.1) is 0 Å². The van der Waals surface area contributed by atoms with Gasteiger partial charge in [-0.05, 0) is 17.5 Å². The molecule has 0 aliphatic carbocycles. The highest BCUT2D eigenvalue weighted by Crippen LogP contribution is 2.30. The summed E-state index contributed by atoms with van der Waals surface area (Å²) in [5.74, 6) is 0. The molecule has 0 radical (unpaired) electrons. The number of fused-ring (bicyclic) bond motifs is 2. The fraction of sp³-hybridized carbons (Fsp3) is 0.400. The molecule has 2 aliphatic heterocycles. The van der Waals surface area contributed by atoms with Crippen LogP contribution in [0.1, 0.15) is 17.5 Å². The van der Waals surface area contributed by atoms with Crippen LogP contribution in [0.3, 0.4) is 0 Å². The summed E-state index contributed by atoms with van der Waals surface area (Å²) in [6, 6.07) is 21.0. The maximum Gasteiger partial charge on any atom is 0.109 e. The molecule has 3 atom stereocenters. The molecule has 2 fully saturated rings. The van der Waals surface area contributed by atoms with Crippen molar-refractivity contribution in [3.8, 4) is 0 Å². The van der Waals surface area contributed by atoms with E-state index in [1.165, 1.54) is 11.1 Å². The van der Waals surface area contributed by atoms with Crippen LogP contribution in [0.2, 0.25) is 0 Å². The molecule has 0 aromatic heterocycles. The SMILES string of the molecule is c1ccc(CO[C@H]2COC[C@@H]3C[C@H]2ON3Cc2ccccc2)cc1. The first-order valence-corrected chi connectivity index (χ1v) is 8.59. The van der Waals surface area contributed by atoms with Crippen LogP contribution in [0.15, 0.2) is 60.7 Å². The molecule has 2 aromatic rings. The van der Waals surface area contributed by atoms with Crippen LogP contribution in [0.4, 0.5) is 0 Å². The van der Waals surface area contributed by atoms with Crippen molar-refractivity contribution < 1.29 is 14.3 Å². The number of nitrogens with zero attached hydrogens (tertiary/aromatic N) is 1. The molecular formula is C20H23NO3. The summed E-state index contributed by atoms with van der Waals surface area (Å²) in [6.45, 7) is 2.69. The molecule has 0 saturated carbocycles. The van der Waals surface area contributed by atoms with Gasteiger partial charge in [0.1, 0.15) is 12.2 Å². The smallest absolute Gasteiger partial charge is 0.109 e. The van der Waals surface area contributed by atoms with Gasteiger partial charge in [-0.25, -0.2) is 0 Å². The standard InChI is InChI=1S/C20H23NO3/c1-3-7-16(8-4-1)12-21-18-11-19(24-21)20(15-22-14-18)23-13-17-9-5-2-6-10-17/h1-10,18-20H,11-15H2/t18-,19+,20-/m0/s1. The van der Waals surface area contributed by atoms with Crippen molar-refractivity contribution in [1.82, 2.24) is 5.06 Å². The Hall–Kier alpha value is -1.72. The molecule has 2 aliphatic rings. The van der Waals surface area contributed by atoms with Crippen molar-refractivity contribution in [3.05, 3.63) is 71.8 Å². The van der Waals surface area contributed by atoms with Crippen molar-refractivity contribution >= 4 is 0 Å². The van der Waals surface area contributed by atoms with E-state index < -0.39 is 0 Å². The fourth-order valence-electron chi connectivity index (χ4n) is 3.35. The zero-order chi connectivity index (χ0) is 16.2. The van der Waals surface area contributed by atoms with Gasteiger partial charge < -0.3 is 9.47 Å². The van der Waals surface area contributed by atoms with Crippen LogP contribution in [0.25, 0.3) is 0 Å². The first-order chi connectivity index (χ1) is 11.9. The largest absolute Gasteiger partial charge is 0.377 e. The predicted octanol–water partition coefficient (Wildman–Crippen LogP) is 3.18. The number of ether oxygens (including phenoxy) is 2. The summed E-state index contributed by atoms with van der Waals surface area (Å²) in [6.07, 6.45) is 1.02. The first kappa shape index (κ1) is 15.8. The van der Waals surface area contributed by atoms with Crippen molar-refractivity contribution in [2.24, 2.45) is 0 Å². The van der Waals surface area contributed by atoms with Gasteiger partial charge in [0, 0.05) is 6.54 Å². The van der Waals surface area contributed by atoms with Gasteiger partial charge in [-0.3, -0.25) is 4.84 Å². The highest BCUT2D eigenvalue weighted by molar-refractivity contribution is 5.15. The molecule has 4 heteroatoms. The van der Waals surface area contributed by atoms with E-state index in [0.29, 0.717) is 25.9 Å². The van der Waals surface area contributed by atoms with Crippen molar-refractivity contribution in [1.29, 1.82) is 0 Å². The zero-order valence-electron chi connectivity index (χ0n) is 13.7. The average molecular weight is 325 g/mol. The molecule has 4 rings (SSSR count). The van der Waals surface area contributed by atoms with Gasteiger partial charge in [0.2, 0.25) is 0 Å². The summed E-state index contributed by atoms with van der Waals surface area (Å²) in [7, 11) is 0. The van der Waals surface area contributed by atoms with Gasteiger partial charge in [0.05, 0.1) is 25.9 Å². The van der Waals surface area contributed by atoms with Crippen LogP contribution < -0.4 is 0 Å². The maximum absolute atomic E-state index is 6.20. The number of rotatable bonds is 5. The number of hydrogen-bond donors (Lipinski definition) is 0. The minimum absolute atomic E-state index is 0.0176. The lowest BCUT2D eigenvalue weighted by atomic mass is 10.1. The van der Waals surface area contributed by atoms with Gasteiger partial charge >= 0.3 is 0 Å². The van der Waals surface area contributed by atoms with E-state index in [2.05, 4.69) is 41.5 Å². The minimum Gasteiger partial charge on any atom is -0.377 e. The summed E-state index contributed by atoms with van der Waals surface area (Å²) in [5.41, 5.74) is 2.43. The lowest BCUT2D eigenvalue weighted by molar-refractivity contribution is -0.225. The Bertz CT molecular complexity index is 634. The lowest BCUT2D eigenvalue weighted by Gasteiger charge is -2.28. The molecule has 4 nitrogen and oxygen atoms in total. The maximum atomic E-state index is 6.20. The van der Waals surface area contributed by atoms with Gasteiger partial charge in [-0.15, -0.1) is 0 Å². The van der Waals surface area contributed by atoms with E-state index in [0.717, 1.165) is 13.0 Å². The van der Waals surface area contributed by atoms with E-state index in [1.54, 1.807) is 0 Å². The van der Waals surface area contributed by atoms with E-state index in [9.17, 15) is 0 Å². The minimum atomic E-state index is -0.0176. The molecule has 126 valence electrons. The number of hydrogen-bond acceptors (Lipinski definition) is 4. The Morgan fingerprint density at radius 1 is 0.917 bits per heavy atom. The normalized spacial score (nSPS) is 27.1. The summed E-state index contributed by atoms with van der Waals surface area (Å²) >= 11 is 0. The van der Waals surface area contributed by atoms with Crippen LogP contribution in [-0.4, -0.2) is 36.5 Å². The lowest BCUT2D eigenvalue weighted by Crippen LogP contribution is -2.37. The van der Waals surface area contributed by atoms with Gasteiger partial charge in [-0.1, -0.05) is 60.7 Å². The predicted molar refractivity (Wildman–Crippen MR) is 91.1 cm³/mol. The molecule has 0 spiro atoms. The highest BCUT2D eigenvalue weighted by Gasteiger charge is 2.41. The molecule has 2 aromatic carbocycles. The quantitative estimate of drug-likeness (QED) is 0.845. The zero-order valence-corrected chi connectivity index (χ0v) is 13.7. The van der Waals surface area contributed by atoms with Crippen molar-refractivity contribution in [2.75, 3.05) is 13.2 Å². The van der Waals surface area contributed by atoms with E-state index in [4.69, 9.17) is 14.3 Å². The average Bonchev–Trinajstić information content (AvgIpc) is 2.90. The summed E-state index contributed by atoms with van der Waals surface area (Å²) in [5, 5.41) is 2.07.